The number of hydrogen-bond acceptors (Lipinski definition) is 2. The van der Waals surface area contributed by atoms with E-state index in [4.69, 9.17) is 5.73 Å². The highest BCUT2D eigenvalue weighted by atomic mass is 16.1. The van der Waals surface area contributed by atoms with E-state index in [1.165, 1.54) is 0 Å². The Balaban J connectivity index is 2.62. The lowest BCUT2D eigenvalue weighted by molar-refractivity contribution is -0.117. The predicted octanol–water partition coefficient (Wildman–Crippen LogP) is 1.93. The molecule has 17 heavy (non-hydrogen) atoms. The number of rotatable bonds is 3. The minimum absolute atomic E-state index is 0.0858. The van der Waals surface area contributed by atoms with Crippen molar-refractivity contribution in [3.8, 4) is 0 Å². The van der Waals surface area contributed by atoms with Gasteiger partial charge in [0.25, 0.3) is 0 Å². The van der Waals surface area contributed by atoms with Gasteiger partial charge in [0, 0.05) is 0 Å². The van der Waals surface area contributed by atoms with E-state index >= 15 is 0 Å². The minimum atomic E-state index is -0.531. The van der Waals surface area contributed by atoms with E-state index in [1.54, 1.807) is 6.07 Å². The Morgan fingerprint density at radius 3 is 2.53 bits per heavy atom. The molecule has 0 heterocycles. The van der Waals surface area contributed by atoms with Gasteiger partial charge in [0.05, 0.1) is 12.0 Å². The van der Waals surface area contributed by atoms with Gasteiger partial charge < -0.3 is 5.73 Å². The van der Waals surface area contributed by atoms with Crippen LogP contribution in [-0.4, -0.2) is 11.8 Å². The fourth-order valence-corrected chi connectivity index (χ4v) is 1.85. The third kappa shape index (κ3) is 2.25. The number of primary amides is 1. The first-order valence-electron chi connectivity index (χ1n) is 5.23. The average molecular weight is 225 g/mol. The van der Waals surface area contributed by atoms with Crippen LogP contribution in [0.4, 0.5) is 0 Å². The summed E-state index contributed by atoms with van der Waals surface area (Å²) in [7, 11) is 0. The van der Waals surface area contributed by atoms with E-state index in [1.807, 2.05) is 42.3 Å². The molecular weight excluding hydrogens is 214 g/mol. The van der Waals surface area contributed by atoms with Crippen LogP contribution in [0.2, 0.25) is 0 Å². The Hall–Kier alpha value is -2.38. The second kappa shape index (κ2) is 4.64. The number of fused-ring (bicyclic) bond motifs is 1. The van der Waals surface area contributed by atoms with E-state index in [0.717, 1.165) is 16.3 Å². The molecule has 1 amide bonds. The molecule has 3 nitrogen and oxygen atoms in total. The summed E-state index contributed by atoms with van der Waals surface area (Å²) in [5.41, 5.74) is 6.13. The Bertz CT molecular complexity index is 620. The molecule has 0 aromatic heterocycles. The summed E-state index contributed by atoms with van der Waals surface area (Å²) in [5, 5.41) is 1.94. The number of benzene rings is 2. The number of nitrogens with two attached hydrogens (primary N) is 1. The third-order valence-electron chi connectivity index (χ3n) is 2.59. The summed E-state index contributed by atoms with van der Waals surface area (Å²) in [6, 6.07) is 13.3. The zero-order chi connectivity index (χ0) is 12.3. The van der Waals surface area contributed by atoms with Gasteiger partial charge in [-0.25, -0.2) is 4.79 Å². The smallest absolute Gasteiger partial charge is 0.222 e. The van der Waals surface area contributed by atoms with Gasteiger partial charge in [0.15, 0.2) is 0 Å². The van der Waals surface area contributed by atoms with E-state index in [9.17, 15) is 9.59 Å². The van der Waals surface area contributed by atoms with Gasteiger partial charge >= 0.3 is 0 Å². The molecule has 0 aliphatic carbocycles. The van der Waals surface area contributed by atoms with Crippen molar-refractivity contribution in [3.05, 3.63) is 48.0 Å². The maximum Gasteiger partial charge on any atom is 0.222 e. The first-order chi connectivity index (χ1) is 8.22. The second-order valence-corrected chi connectivity index (χ2v) is 3.75. The normalized spacial score (nSPS) is 9.88. The summed E-state index contributed by atoms with van der Waals surface area (Å²) in [6.07, 6.45) is -0.0858. The van der Waals surface area contributed by atoms with Gasteiger partial charge in [0.1, 0.15) is 5.94 Å². The van der Waals surface area contributed by atoms with Gasteiger partial charge in [-0.2, -0.15) is 0 Å². The van der Waals surface area contributed by atoms with Crippen LogP contribution in [0.25, 0.3) is 16.3 Å². The maximum atomic E-state index is 10.9. The topological polar surface area (TPSA) is 60.2 Å². The molecule has 0 unspecified atom stereocenters. The summed E-state index contributed by atoms with van der Waals surface area (Å²) in [5.74, 6) is 1.28. The number of carbonyl (C=O) groups is 1. The van der Waals surface area contributed by atoms with Gasteiger partial charge in [-0.15, -0.1) is 0 Å². The standard InChI is InChI=1S/C14H11NO2/c15-14(17)8-11(9-16)13-7-3-5-10-4-1-2-6-12(10)13/h1-7H,8H2,(H2,15,17). The summed E-state index contributed by atoms with van der Waals surface area (Å²) in [4.78, 5) is 21.8. The molecule has 0 aliphatic heterocycles. The molecule has 2 aromatic carbocycles. The molecule has 84 valence electrons. The van der Waals surface area contributed by atoms with Crippen LogP contribution in [0, 0.1) is 0 Å². The molecule has 0 saturated heterocycles. The molecule has 2 N–H and O–H groups in total. The molecule has 0 fully saturated rings. The van der Waals surface area contributed by atoms with Crippen molar-refractivity contribution in [1.29, 1.82) is 0 Å². The summed E-state index contributed by atoms with van der Waals surface area (Å²) < 4.78 is 0. The van der Waals surface area contributed by atoms with Crippen molar-refractivity contribution in [2.45, 2.75) is 6.42 Å². The molecule has 0 aliphatic rings. The minimum Gasteiger partial charge on any atom is -0.369 e. The van der Waals surface area contributed by atoms with Crippen molar-refractivity contribution in [1.82, 2.24) is 0 Å². The quantitative estimate of drug-likeness (QED) is 0.811. The molecule has 0 radical (unpaired) electrons. The highest BCUT2D eigenvalue weighted by Gasteiger charge is 2.09. The van der Waals surface area contributed by atoms with E-state index < -0.39 is 5.91 Å². The third-order valence-corrected chi connectivity index (χ3v) is 2.59. The second-order valence-electron chi connectivity index (χ2n) is 3.75. The van der Waals surface area contributed by atoms with Crippen LogP contribution in [0.1, 0.15) is 12.0 Å². The number of hydrogen-bond donors (Lipinski definition) is 1. The van der Waals surface area contributed by atoms with Crippen LogP contribution in [0.5, 0.6) is 0 Å². The fourth-order valence-electron chi connectivity index (χ4n) is 1.85. The van der Waals surface area contributed by atoms with Crippen molar-refractivity contribution >= 4 is 28.2 Å². The largest absolute Gasteiger partial charge is 0.369 e. The Kier molecular flexibility index (Phi) is 3.03. The van der Waals surface area contributed by atoms with Crippen molar-refractivity contribution in [2.24, 2.45) is 5.73 Å². The lowest BCUT2D eigenvalue weighted by Crippen LogP contribution is -2.11. The van der Waals surface area contributed by atoms with Crippen LogP contribution in [0.3, 0.4) is 0 Å². The lowest BCUT2D eigenvalue weighted by atomic mass is 9.97. The van der Waals surface area contributed by atoms with Gasteiger partial charge in [-0.05, 0) is 16.3 Å². The fraction of sp³-hybridized carbons (Fsp3) is 0.0714. The molecule has 3 heteroatoms. The Labute approximate surface area is 98.5 Å². The van der Waals surface area contributed by atoms with Crippen LogP contribution >= 0.6 is 0 Å². The first-order valence-corrected chi connectivity index (χ1v) is 5.23. The summed E-state index contributed by atoms with van der Waals surface area (Å²) >= 11 is 0. The monoisotopic (exact) mass is 225 g/mol. The Morgan fingerprint density at radius 2 is 1.82 bits per heavy atom. The number of amides is 1. The molecule has 0 saturated carbocycles. The van der Waals surface area contributed by atoms with Crippen LogP contribution < -0.4 is 5.73 Å². The average Bonchev–Trinajstić information content (AvgIpc) is 2.35. The van der Waals surface area contributed by atoms with Gasteiger partial charge in [-0.1, -0.05) is 42.5 Å². The number of carbonyl (C=O) groups excluding carboxylic acids is 2. The van der Waals surface area contributed by atoms with Crippen molar-refractivity contribution in [3.63, 3.8) is 0 Å². The van der Waals surface area contributed by atoms with Crippen molar-refractivity contribution in [2.75, 3.05) is 0 Å². The predicted molar refractivity (Wildman–Crippen MR) is 66.9 cm³/mol. The molecule has 0 spiro atoms. The van der Waals surface area contributed by atoms with Gasteiger partial charge in [0.2, 0.25) is 5.91 Å². The molecule has 0 atom stereocenters. The van der Waals surface area contributed by atoms with E-state index in [0.29, 0.717) is 5.57 Å². The van der Waals surface area contributed by atoms with Crippen LogP contribution in [0.15, 0.2) is 42.5 Å². The Morgan fingerprint density at radius 1 is 1.12 bits per heavy atom. The highest BCUT2D eigenvalue weighted by Crippen LogP contribution is 2.25. The zero-order valence-electron chi connectivity index (χ0n) is 9.14. The van der Waals surface area contributed by atoms with E-state index in [-0.39, 0.29) is 6.42 Å². The molecule has 2 aromatic rings. The first kappa shape index (κ1) is 11.1. The molecular formula is C14H11NO2. The lowest BCUT2D eigenvalue weighted by Gasteiger charge is -2.06. The zero-order valence-corrected chi connectivity index (χ0v) is 9.14. The maximum absolute atomic E-state index is 10.9. The van der Waals surface area contributed by atoms with Crippen LogP contribution in [-0.2, 0) is 9.59 Å². The van der Waals surface area contributed by atoms with E-state index in [2.05, 4.69) is 0 Å². The molecule has 2 rings (SSSR count). The van der Waals surface area contributed by atoms with Crippen molar-refractivity contribution < 1.29 is 9.59 Å². The molecule has 0 bridgehead atoms. The summed E-state index contributed by atoms with van der Waals surface area (Å²) in [6.45, 7) is 0. The van der Waals surface area contributed by atoms with Gasteiger partial charge in [-0.3, -0.25) is 4.79 Å². The highest BCUT2D eigenvalue weighted by molar-refractivity contribution is 6.05. The SMILES string of the molecule is NC(=O)CC(=C=O)c1cccc2ccccc12.